The molecule has 1 aromatic rings. The summed E-state index contributed by atoms with van der Waals surface area (Å²) >= 11 is 0. The Morgan fingerprint density at radius 1 is 1.50 bits per heavy atom. The SMILES string of the molecule is CCCc1cc(C(=O)N2CC[C@H](C(=O)NCC)C2)n[nH]1. The Hall–Kier alpha value is -1.85. The van der Waals surface area contributed by atoms with Crippen LogP contribution >= 0.6 is 0 Å². The van der Waals surface area contributed by atoms with Gasteiger partial charge in [-0.15, -0.1) is 0 Å². The van der Waals surface area contributed by atoms with Crippen molar-refractivity contribution in [3.05, 3.63) is 17.5 Å². The highest BCUT2D eigenvalue weighted by Crippen LogP contribution is 2.18. The monoisotopic (exact) mass is 278 g/mol. The molecule has 0 aliphatic carbocycles. The topological polar surface area (TPSA) is 78.1 Å². The van der Waals surface area contributed by atoms with E-state index in [1.54, 1.807) is 4.90 Å². The predicted octanol–water partition coefficient (Wildman–Crippen LogP) is 0.960. The molecular formula is C14H22N4O2. The number of hydrogen-bond donors (Lipinski definition) is 2. The Morgan fingerprint density at radius 2 is 2.30 bits per heavy atom. The number of carbonyl (C=O) groups is 2. The molecule has 0 radical (unpaired) electrons. The molecule has 0 unspecified atom stereocenters. The Kier molecular flexibility index (Phi) is 4.76. The van der Waals surface area contributed by atoms with Crippen molar-refractivity contribution in [2.24, 2.45) is 5.92 Å². The number of likely N-dealkylation sites (tertiary alicyclic amines) is 1. The van der Waals surface area contributed by atoms with Gasteiger partial charge in [0.15, 0.2) is 0 Å². The van der Waals surface area contributed by atoms with E-state index in [4.69, 9.17) is 0 Å². The van der Waals surface area contributed by atoms with Crippen molar-refractivity contribution in [1.29, 1.82) is 0 Å². The van der Waals surface area contributed by atoms with Crippen molar-refractivity contribution in [3.8, 4) is 0 Å². The summed E-state index contributed by atoms with van der Waals surface area (Å²) < 4.78 is 0. The van der Waals surface area contributed by atoms with Crippen LogP contribution in [0.25, 0.3) is 0 Å². The lowest BCUT2D eigenvalue weighted by molar-refractivity contribution is -0.124. The van der Waals surface area contributed by atoms with Gasteiger partial charge in [0.25, 0.3) is 5.91 Å². The molecule has 0 spiro atoms. The van der Waals surface area contributed by atoms with Crippen molar-refractivity contribution in [2.45, 2.75) is 33.1 Å². The minimum absolute atomic E-state index is 0.0384. The molecule has 6 heteroatoms. The second kappa shape index (κ2) is 6.54. The zero-order valence-corrected chi connectivity index (χ0v) is 12.1. The second-order valence-corrected chi connectivity index (χ2v) is 5.16. The van der Waals surface area contributed by atoms with Gasteiger partial charge >= 0.3 is 0 Å². The van der Waals surface area contributed by atoms with Crippen LogP contribution in [0.4, 0.5) is 0 Å². The van der Waals surface area contributed by atoms with E-state index >= 15 is 0 Å². The molecule has 0 aromatic carbocycles. The summed E-state index contributed by atoms with van der Waals surface area (Å²) in [6, 6.07) is 1.81. The van der Waals surface area contributed by atoms with Crippen molar-refractivity contribution < 1.29 is 9.59 Å². The molecule has 1 aliphatic heterocycles. The number of amides is 2. The number of H-pyrrole nitrogens is 1. The average molecular weight is 278 g/mol. The standard InChI is InChI=1S/C14H22N4O2/c1-3-5-11-8-12(17-16-11)14(20)18-7-6-10(9-18)13(19)15-4-2/h8,10H,3-7,9H2,1-2H3,(H,15,19)(H,16,17)/t10-/m0/s1. The fraction of sp³-hybridized carbons (Fsp3) is 0.643. The summed E-state index contributed by atoms with van der Waals surface area (Å²) in [5, 5.41) is 9.77. The lowest BCUT2D eigenvalue weighted by Gasteiger charge is -2.14. The van der Waals surface area contributed by atoms with Crippen LogP contribution in [0.2, 0.25) is 0 Å². The lowest BCUT2D eigenvalue weighted by atomic mass is 10.1. The largest absolute Gasteiger partial charge is 0.356 e. The van der Waals surface area contributed by atoms with E-state index in [1.165, 1.54) is 0 Å². The molecule has 20 heavy (non-hydrogen) atoms. The number of carbonyl (C=O) groups excluding carboxylic acids is 2. The third-order valence-corrected chi connectivity index (χ3v) is 3.57. The van der Waals surface area contributed by atoms with Gasteiger partial charge in [0, 0.05) is 25.3 Å². The van der Waals surface area contributed by atoms with E-state index in [9.17, 15) is 9.59 Å². The number of nitrogens with one attached hydrogen (secondary N) is 2. The number of hydrogen-bond acceptors (Lipinski definition) is 3. The quantitative estimate of drug-likeness (QED) is 0.842. The third kappa shape index (κ3) is 3.18. The fourth-order valence-electron chi connectivity index (χ4n) is 2.51. The van der Waals surface area contributed by atoms with E-state index in [1.807, 2.05) is 13.0 Å². The zero-order chi connectivity index (χ0) is 14.5. The van der Waals surface area contributed by atoms with Gasteiger partial charge < -0.3 is 10.2 Å². The van der Waals surface area contributed by atoms with E-state index in [-0.39, 0.29) is 17.7 Å². The Morgan fingerprint density at radius 3 is 3.00 bits per heavy atom. The predicted molar refractivity (Wildman–Crippen MR) is 75.3 cm³/mol. The number of aryl methyl sites for hydroxylation is 1. The van der Waals surface area contributed by atoms with Crippen molar-refractivity contribution in [3.63, 3.8) is 0 Å². The van der Waals surface area contributed by atoms with Gasteiger partial charge in [-0.25, -0.2) is 0 Å². The molecule has 2 rings (SSSR count). The molecule has 0 saturated carbocycles. The summed E-state index contributed by atoms with van der Waals surface area (Å²) in [4.78, 5) is 25.8. The number of aromatic amines is 1. The highest BCUT2D eigenvalue weighted by atomic mass is 16.2. The highest BCUT2D eigenvalue weighted by molar-refractivity contribution is 5.93. The maximum absolute atomic E-state index is 12.3. The van der Waals surface area contributed by atoms with Gasteiger partial charge in [-0.2, -0.15) is 5.10 Å². The summed E-state index contributed by atoms with van der Waals surface area (Å²) in [6.45, 7) is 5.72. The number of nitrogens with zero attached hydrogens (tertiary/aromatic N) is 2. The van der Waals surface area contributed by atoms with Crippen LogP contribution in [0.3, 0.4) is 0 Å². The molecule has 1 saturated heterocycles. The van der Waals surface area contributed by atoms with Crippen molar-refractivity contribution in [2.75, 3.05) is 19.6 Å². The van der Waals surface area contributed by atoms with Crippen molar-refractivity contribution >= 4 is 11.8 Å². The molecule has 2 heterocycles. The minimum atomic E-state index is -0.0899. The first-order valence-corrected chi connectivity index (χ1v) is 7.27. The van der Waals surface area contributed by atoms with Crippen LogP contribution in [0.5, 0.6) is 0 Å². The Bertz CT molecular complexity index is 483. The zero-order valence-electron chi connectivity index (χ0n) is 12.1. The maximum Gasteiger partial charge on any atom is 0.274 e. The highest BCUT2D eigenvalue weighted by Gasteiger charge is 2.31. The van der Waals surface area contributed by atoms with Gasteiger partial charge in [-0.05, 0) is 25.8 Å². The summed E-state index contributed by atoms with van der Waals surface area (Å²) in [7, 11) is 0. The third-order valence-electron chi connectivity index (χ3n) is 3.57. The lowest BCUT2D eigenvalue weighted by Crippen LogP contribution is -2.34. The maximum atomic E-state index is 12.3. The minimum Gasteiger partial charge on any atom is -0.356 e. The molecule has 2 amide bonds. The summed E-state index contributed by atoms with van der Waals surface area (Å²) in [5.41, 5.74) is 1.43. The number of rotatable bonds is 5. The van der Waals surface area contributed by atoms with E-state index in [2.05, 4.69) is 22.4 Å². The average Bonchev–Trinajstić information content (AvgIpc) is 3.07. The molecule has 1 atom stereocenters. The van der Waals surface area contributed by atoms with Crippen LogP contribution in [-0.2, 0) is 11.2 Å². The second-order valence-electron chi connectivity index (χ2n) is 5.16. The summed E-state index contributed by atoms with van der Waals surface area (Å²) in [5.74, 6) is -0.139. The smallest absolute Gasteiger partial charge is 0.274 e. The van der Waals surface area contributed by atoms with Crippen molar-refractivity contribution in [1.82, 2.24) is 20.4 Å². The first kappa shape index (κ1) is 14.6. The molecule has 6 nitrogen and oxygen atoms in total. The van der Waals surface area contributed by atoms with Crippen LogP contribution < -0.4 is 5.32 Å². The van der Waals surface area contributed by atoms with Crippen LogP contribution in [0, 0.1) is 5.92 Å². The van der Waals surface area contributed by atoms with Gasteiger partial charge in [-0.1, -0.05) is 13.3 Å². The molecule has 110 valence electrons. The van der Waals surface area contributed by atoms with E-state index in [0.717, 1.165) is 25.0 Å². The van der Waals surface area contributed by atoms with E-state index in [0.29, 0.717) is 25.3 Å². The summed E-state index contributed by atoms with van der Waals surface area (Å²) in [6.07, 6.45) is 2.63. The van der Waals surface area contributed by atoms with Crippen LogP contribution in [0.1, 0.15) is 42.9 Å². The first-order valence-electron chi connectivity index (χ1n) is 7.27. The Balaban J connectivity index is 1.95. The van der Waals surface area contributed by atoms with Gasteiger partial charge in [0.1, 0.15) is 5.69 Å². The Labute approximate surface area is 118 Å². The molecule has 1 fully saturated rings. The first-order chi connectivity index (χ1) is 9.65. The molecule has 1 aromatic heterocycles. The molecule has 2 N–H and O–H groups in total. The normalized spacial score (nSPS) is 18.3. The van der Waals surface area contributed by atoms with Gasteiger partial charge in [-0.3, -0.25) is 14.7 Å². The van der Waals surface area contributed by atoms with Gasteiger partial charge in [0.05, 0.1) is 5.92 Å². The molecule has 0 bridgehead atoms. The fourth-order valence-corrected chi connectivity index (χ4v) is 2.51. The molecular weight excluding hydrogens is 256 g/mol. The van der Waals surface area contributed by atoms with Crippen LogP contribution in [0.15, 0.2) is 6.07 Å². The van der Waals surface area contributed by atoms with E-state index < -0.39 is 0 Å². The molecule has 1 aliphatic rings. The van der Waals surface area contributed by atoms with Crippen LogP contribution in [-0.4, -0.2) is 46.5 Å². The number of aromatic nitrogens is 2. The van der Waals surface area contributed by atoms with Gasteiger partial charge in [0.2, 0.25) is 5.91 Å².